The molecule has 10 nitrogen and oxygen atoms in total. The molecule has 0 saturated carbocycles. The van der Waals surface area contributed by atoms with Gasteiger partial charge in [-0.3, -0.25) is 0 Å². The Balaban J connectivity index is 0.000000771. The van der Waals surface area contributed by atoms with Crippen molar-refractivity contribution in [2.45, 2.75) is 0 Å². The quantitative estimate of drug-likeness (QED) is 0.293. The standard InChI is InChI=1S/C28H27O6.ClHO4/c1-29-21-10-8-19(9-11-21)25-15-20-16-27(32-4)28(33-5)17-22(20)23(34-25)12-6-18-7-13-24(30-2)26(14-18)31-3;2-1(3,4)5/h6-17H,1-5H3;(H,2,3,4,5)/q+1;/p-1/b12-6+;. The molecule has 1 heterocycles. The summed E-state index contributed by atoms with van der Waals surface area (Å²) in [5.41, 5.74) is 1.87. The number of rotatable bonds is 8. The lowest BCUT2D eigenvalue weighted by Crippen LogP contribution is -2.68. The fourth-order valence-corrected chi connectivity index (χ4v) is 3.72. The minimum Gasteiger partial charge on any atom is -0.497 e. The summed E-state index contributed by atoms with van der Waals surface area (Å²) in [4.78, 5) is 0. The summed E-state index contributed by atoms with van der Waals surface area (Å²) in [5, 5.41) is 1.85. The van der Waals surface area contributed by atoms with E-state index in [1.807, 2.05) is 72.8 Å². The molecule has 0 spiro atoms. The van der Waals surface area contributed by atoms with E-state index in [1.165, 1.54) is 0 Å². The number of hydrogen-bond donors (Lipinski definition) is 0. The Kier molecular flexibility index (Phi) is 9.94. The highest BCUT2D eigenvalue weighted by molar-refractivity contribution is 5.94. The van der Waals surface area contributed by atoms with Crippen molar-refractivity contribution in [2.24, 2.45) is 0 Å². The molecule has 4 aromatic rings. The Morgan fingerprint density at radius 3 is 1.74 bits per heavy atom. The van der Waals surface area contributed by atoms with Crippen molar-refractivity contribution in [2.75, 3.05) is 35.5 Å². The van der Waals surface area contributed by atoms with Gasteiger partial charge in [0.15, 0.2) is 23.0 Å². The Hall–Kier alpha value is -4.06. The van der Waals surface area contributed by atoms with Gasteiger partial charge in [0.05, 0.1) is 52.6 Å². The van der Waals surface area contributed by atoms with E-state index in [1.54, 1.807) is 35.5 Å². The van der Waals surface area contributed by atoms with Gasteiger partial charge in [0.1, 0.15) is 5.75 Å². The van der Waals surface area contributed by atoms with Gasteiger partial charge in [-0.05, 0) is 54.1 Å². The molecule has 0 fully saturated rings. The van der Waals surface area contributed by atoms with Crippen LogP contribution in [0.1, 0.15) is 11.3 Å². The van der Waals surface area contributed by atoms with Crippen LogP contribution in [-0.4, -0.2) is 35.5 Å². The smallest absolute Gasteiger partial charge is 0.361 e. The van der Waals surface area contributed by atoms with Crippen molar-refractivity contribution in [3.05, 3.63) is 72.0 Å². The third-order valence-electron chi connectivity index (χ3n) is 5.54. The Bertz CT molecular complexity index is 1420. The highest BCUT2D eigenvalue weighted by Crippen LogP contribution is 2.37. The van der Waals surface area contributed by atoms with Crippen LogP contribution in [0.15, 0.2) is 65.1 Å². The fourth-order valence-electron chi connectivity index (χ4n) is 3.72. The molecule has 0 unspecified atom stereocenters. The molecule has 0 saturated heterocycles. The predicted molar refractivity (Wildman–Crippen MR) is 134 cm³/mol. The zero-order valence-corrected chi connectivity index (χ0v) is 22.6. The van der Waals surface area contributed by atoms with Crippen LogP contribution in [0.2, 0.25) is 0 Å². The summed E-state index contributed by atoms with van der Waals surface area (Å²) in [5.74, 6) is 4.79. The normalized spacial score (nSPS) is 11.1. The minimum absolute atomic E-state index is 0.628. The van der Waals surface area contributed by atoms with Crippen molar-refractivity contribution in [1.82, 2.24) is 0 Å². The number of ether oxygens (including phenoxy) is 5. The second-order valence-corrected chi connectivity index (χ2v) is 8.58. The lowest BCUT2D eigenvalue weighted by molar-refractivity contribution is -2.00. The average Bonchev–Trinajstić information content (AvgIpc) is 2.93. The third-order valence-corrected chi connectivity index (χ3v) is 5.54. The maximum atomic E-state index is 8.49. The molecule has 0 aliphatic rings. The van der Waals surface area contributed by atoms with Crippen LogP contribution < -0.4 is 42.3 Å². The van der Waals surface area contributed by atoms with E-state index in [4.69, 9.17) is 46.7 Å². The Labute approximate surface area is 227 Å². The van der Waals surface area contributed by atoms with Gasteiger partial charge < -0.3 is 23.7 Å². The number of benzene rings is 3. The molecule has 0 bridgehead atoms. The molecular weight excluding hydrogens is 532 g/mol. The summed E-state index contributed by atoms with van der Waals surface area (Å²) in [6, 6.07) is 19.3. The highest BCUT2D eigenvalue weighted by atomic mass is 35.7. The summed E-state index contributed by atoms with van der Waals surface area (Å²) in [6.45, 7) is 0. The van der Waals surface area contributed by atoms with Crippen LogP contribution >= 0.6 is 0 Å². The number of hydrogen-bond acceptors (Lipinski definition) is 9. The second kappa shape index (κ2) is 13.1. The molecule has 0 aliphatic heterocycles. The predicted octanol–water partition coefficient (Wildman–Crippen LogP) is 1.84. The zero-order chi connectivity index (χ0) is 28.6. The van der Waals surface area contributed by atoms with Gasteiger partial charge in [0.2, 0.25) is 0 Å². The van der Waals surface area contributed by atoms with Gasteiger partial charge in [-0.25, -0.2) is 23.1 Å². The van der Waals surface area contributed by atoms with E-state index in [-0.39, 0.29) is 0 Å². The van der Waals surface area contributed by atoms with Crippen molar-refractivity contribution < 1.29 is 57.0 Å². The summed E-state index contributed by atoms with van der Waals surface area (Å²) < 4.78 is 67.4. The molecule has 206 valence electrons. The number of fused-ring (bicyclic) bond motifs is 1. The first-order chi connectivity index (χ1) is 18.6. The van der Waals surface area contributed by atoms with Crippen LogP contribution in [0, 0.1) is 10.2 Å². The Morgan fingerprint density at radius 2 is 1.18 bits per heavy atom. The van der Waals surface area contributed by atoms with Crippen molar-refractivity contribution >= 4 is 22.9 Å². The number of halogens is 1. The molecule has 11 heteroatoms. The molecule has 4 rings (SSSR count). The number of methoxy groups -OCH3 is 5. The molecule has 39 heavy (non-hydrogen) atoms. The van der Waals surface area contributed by atoms with Crippen molar-refractivity contribution in [1.29, 1.82) is 0 Å². The fraction of sp³-hybridized carbons (Fsp3) is 0.179. The van der Waals surface area contributed by atoms with E-state index >= 15 is 0 Å². The lowest BCUT2D eigenvalue weighted by Gasteiger charge is -2.17. The molecule has 0 aliphatic carbocycles. The van der Waals surface area contributed by atoms with E-state index in [0.29, 0.717) is 34.5 Å². The maximum Gasteiger partial charge on any atom is 0.361 e. The van der Waals surface area contributed by atoms with Gasteiger partial charge in [-0.1, -0.05) is 6.07 Å². The molecule has 0 amide bonds. The monoisotopic (exact) mass is 558 g/mol. The molecule has 3 aromatic carbocycles. The van der Waals surface area contributed by atoms with Crippen LogP contribution in [0.5, 0.6) is 28.7 Å². The second-order valence-electron chi connectivity index (χ2n) is 7.82. The van der Waals surface area contributed by atoms with Gasteiger partial charge in [-0.15, -0.1) is 10.2 Å². The molecule has 0 N–H and O–H groups in total. The average molecular weight is 559 g/mol. The minimum atomic E-state index is -4.94. The SMILES string of the molecule is COc1ccc(-c2cc3cc(OC)c(OC)cc3c(/C=C/c3ccc(OC)c(OC)c3)[o+]2)cc1.[O-][Cl+3]([O-])([O-])[O-]. The van der Waals surface area contributed by atoms with Crippen molar-refractivity contribution in [3.63, 3.8) is 0 Å². The van der Waals surface area contributed by atoms with Gasteiger partial charge in [0.25, 0.3) is 0 Å². The molecule has 0 atom stereocenters. The van der Waals surface area contributed by atoms with Crippen LogP contribution in [0.25, 0.3) is 34.2 Å². The van der Waals surface area contributed by atoms with Gasteiger partial charge in [0, 0.05) is 17.5 Å². The first kappa shape index (κ1) is 29.5. The largest absolute Gasteiger partial charge is 0.497 e. The first-order valence-corrected chi connectivity index (χ1v) is 12.5. The van der Waals surface area contributed by atoms with Crippen LogP contribution in [0.3, 0.4) is 0 Å². The molecule has 1 aromatic heterocycles. The van der Waals surface area contributed by atoms with Crippen molar-refractivity contribution in [3.8, 4) is 40.1 Å². The summed E-state index contributed by atoms with van der Waals surface area (Å²) >= 11 is 0. The zero-order valence-electron chi connectivity index (χ0n) is 21.9. The lowest BCUT2D eigenvalue weighted by atomic mass is 10.0. The summed E-state index contributed by atoms with van der Waals surface area (Å²) in [7, 11) is 3.17. The first-order valence-electron chi connectivity index (χ1n) is 11.3. The van der Waals surface area contributed by atoms with E-state index < -0.39 is 10.2 Å². The van der Waals surface area contributed by atoms with E-state index in [0.717, 1.165) is 27.6 Å². The van der Waals surface area contributed by atoms with Crippen LogP contribution in [-0.2, 0) is 0 Å². The van der Waals surface area contributed by atoms with E-state index in [2.05, 4.69) is 0 Å². The van der Waals surface area contributed by atoms with Gasteiger partial charge in [-0.2, -0.15) is 0 Å². The Morgan fingerprint density at radius 1 is 0.615 bits per heavy atom. The molecular formula is C28H27ClO10. The summed E-state index contributed by atoms with van der Waals surface area (Å²) in [6.07, 6.45) is 3.90. The molecule has 0 radical (unpaired) electrons. The highest BCUT2D eigenvalue weighted by Gasteiger charge is 2.21. The third kappa shape index (κ3) is 7.96. The topological polar surface area (TPSA) is 150 Å². The maximum absolute atomic E-state index is 8.49. The van der Waals surface area contributed by atoms with Crippen LogP contribution in [0.4, 0.5) is 0 Å². The van der Waals surface area contributed by atoms with E-state index in [9.17, 15) is 0 Å². The van der Waals surface area contributed by atoms with Gasteiger partial charge >= 0.3 is 11.5 Å².